The molecule has 1 amide bonds. The minimum absolute atomic E-state index is 0.269. The standard InChI is InChI=1S/C25H20N6OS2/c26-20-19-18(15-9-6-12-27-13-15)16-10-4-5-11-17(16)28-24(19)33-21(20)22(32)29-25-30-23(34-31-25)14-7-2-1-3-8-14/h1-3,6-9,12-13H,4-5,10-11,26H2,(H,29,31,32). The molecule has 0 radical (unpaired) electrons. The monoisotopic (exact) mass is 484 g/mol. The molecule has 1 aliphatic rings. The molecule has 4 aromatic heterocycles. The van der Waals surface area contributed by atoms with Crippen molar-refractivity contribution in [2.45, 2.75) is 25.7 Å². The number of nitrogens with one attached hydrogen (secondary N) is 1. The molecule has 0 fully saturated rings. The summed E-state index contributed by atoms with van der Waals surface area (Å²) < 4.78 is 4.31. The molecule has 0 saturated carbocycles. The van der Waals surface area contributed by atoms with E-state index in [2.05, 4.69) is 19.7 Å². The van der Waals surface area contributed by atoms with Crippen LogP contribution in [0.2, 0.25) is 0 Å². The number of benzene rings is 1. The summed E-state index contributed by atoms with van der Waals surface area (Å²) in [4.78, 5) is 28.1. The zero-order valence-electron chi connectivity index (χ0n) is 18.1. The van der Waals surface area contributed by atoms with Gasteiger partial charge in [0, 0.05) is 40.2 Å². The number of thiophene rings is 1. The topological polar surface area (TPSA) is 107 Å². The molecule has 0 bridgehead atoms. The van der Waals surface area contributed by atoms with E-state index in [1.807, 2.05) is 48.7 Å². The van der Waals surface area contributed by atoms with E-state index in [-0.39, 0.29) is 11.9 Å². The van der Waals surface area contributed by atoms with Crippen LogP contribution in [0, 0.1) is 0 Å². The molecule has 9 heteroatoms. The van der Waals surface area contributed by atoms with Crippen molar-refractivity contribution in [1.29, 1.82) is 0 Å². The Hall–Kier alpha value is -3.69. The molecule has 1 aromatic carbocycles. The van der Waals surface area contributed by atoms with Gasteiger partial charge in [-0.25, -0.2) is 4.98 Å². The molecule has 0 unspecified atom stereocenters. The first-order valence-electron chi connectivity index (χ1n) is 11.0. The van der Waals surface area contributed by atoms with Crippen LogP contribution >= 0.6 is 22.9 Å². The number of carbonyl (C=O) groups is 1. The largest absolute Gasteiger partial charge is 0.397 e. The lowest BCUT2D eigenvalue weighted by atomic mass is 9.88. The highest BCUT2D eigenvalue weighted by Gasteiger charge is 2.26. The second-order valence-electron chi connectivity index (χ2n) is 8.13. The van der Waals surface area contributed by atoms with E-state index in [4.69, 9.17) is 10.7 Å². The van der Waals surface area contributed by atoms with Crippen LogP contribution in [0.5, 0.6) is 0 Å². The molecule has 1 aliphatic carbocycles. The number of nitrogens with two attached hydrogens (primary N) is 1. The van der Waals surface area contributed by atoms with E-state index in [9.17, 15) is 4.79 Å². The number of fused-ring (bicyclic) bond motifs is 2. The van der Waals surface area contributed by atoms with Crippen molar-refractivity contribution >= 4 is 50.6 Å². The lowest BCUT2D eigenvalue weighted by molar-refractivity contribution is 0.103. The molecule has 7 nitrogen and oxygen atoms in total. The van der Waals surface area contributed by atoms with E-state index in [0.717, 1.165) is 63.3 Å². The Bertz CT molecular complexity index is 1510. The van der Waals surface area contributed by atoms with Gasteiger partial charge in [0.05, 0.1) is 5.69 Å². The summed E-state index contributed by atoms with van der Waals surface area (Å²) in [5.41, 5.74) is 12.4. The first kappa shape index (κ1) is 20.9. The number of hydrogen-bond acceptors (Lipinski definition) is 8. The first-order valence-corrected chi connectivity index (χ1v) is 12.6. The van der Waals surface area contributed by atoms with Crippen LogP contribution in [0.25, 0.3) is 31.9 Å². The van der Waals surface area contributed by atoms with Crippen LogP contribution in [-0.2, 0) is 12.8 Å². The quantitative estimate of drug-likeness (QED) is 0.344. The summed E-state index contributed by atoms with van der Waals surface area (Å²) in [5, 5.41) is 4.40. The maximum Gasteiger partial charge on any atom is 0.270 e. The van der Waals surface area contributed by atoms with Crippen molar-refractivity contribution in [2.75, 3.05) is 11.1 Å². The Morgan fingerprint density at radius 1 is 1.00 bits per heavy atom. The minimum Gasteiger partial charge on any atom is -0.397 e. The predicted octanol–water partition coefficient (Wildman–Crippen LogP) is 5.59. The van der Waals surface area contributed by atoms with E-state index < -0.39 is 0 Å². The highest BCUT2D eigenvalue weighted by Crippen LogP contribution is 2.43. The van der Waals surface area contributed by atoms with Gasteiger partial charge in [-0.3, -0.25) is 15.1 Å². The Morgan fingerprint density at radius 3 is 2.65 bits per heavy atom. The summed E-state index contributed by atoms with van der Waals surface area (Å²) in [6, 6.07) is 13.7. The smallest absolute Gasteiger partial charge is 0.270 e. The van der Waals surface area contributed by atoms with Crippen molar-refractivity contribution in [3.05, 3.63) is 71.0 Å². The molecule has 5 aromatic rings. The number of nitrogens with zero attached hydrogens (tertiary/aromatic N) is 4. The molecular weight excluding hydrogens is 464 g/mol. The highest BCUT2D eigenvalue weighted by atomic mass is 32.1. The summed E-state index contributed by atoms with van der Waals surface area (Å²) in [5.74, 6) is -0.0570. The summed E-state index contributed by atoms with van der Waals surface area (Å²) in [6.45, 7) is 0. The summed E-state index contributed by atoms with van der Waals surface area (Å²) >= 11 is 2.56. The molecule has 0 atom stereocenters. The van der Waals surface area contributed by atoms with Crippen molar-refractivity contribution in [3.63, 3.8) is 0 Å². The van der Waals surface area contributed by atoms with Gasteiger partial charge >= 0.3 is 0 Å². The summed E-state index contributed by atoms with van der Waals surface area (Å²) in [6.07, 6.45) is 7.72. The zero-order chi connectivity index (χ0) is 23.1. The number of anilines is 2. The number of rotatable bonds is 4. The fraction of sp³-hybridized carbons (Fsp3) is 0.160. The molecule has 6 rings (SSSR count). The van der Waals surface area contributed by atoms with Gasteiger partial charge in [-0.15, -0.1) is 11.3 Å². The fourth-order valence-electron chi connectivity index (χ4n) is 4.44. The number of carbonyl (C=O) groups excluding carboxylic acids is 1. The number of nitrogen functional groups attached to an aromatic ring is 1. The van der Waals surface area contributed by atoms with Gasteiger partial charge in [-0.05, 0) is 48.8 Å². The SMILES string of the molecule is Nc1c(C(=O)Nc2nsc(-c3ccccc3)n2)sc2nc3c(c(-c4cccnc4)c12)CCCC3. The second-order valence-corrected chi connectivity index (χ2v) is 9.88. The van der Waals surface area contributed by atoms with Crippen LogP contribution in [-0.4, -0.2) is 25.2 Å². The number of amides is 1. The molecule has 3 N–H and O–H groups in total. The molecular formula is C25H20N6OS2. The molecule has 4 heterocycles. The van der Waals surface area contributed by atoms with Crippen molar-refractivity contribution in [3.8, 4) is 21.7 Å². The first-order chi connectivity index (χ1) is 16.7. The van der Waals surface area contributed by atoms with E-state index in [1.165, 1.54) is 28.4 Å². The Morgan fingerprint density at radius 2 is 1.82 bits per heavy atom. The van der Waals surface area contributed by atoms with Crippen molar-refractivity contribution in [2.24, 2.45) is 0 Å². The van der Waals surface area contributed by atoms with Crippen molar-refractivity contribution in [1.82, 2.24) is 19.3 Å². The third-order valence-electron chi connectivity index (χ3n) is 5.98. The average Bonchev–Trinajstić information content (AvgIpc) is 3.48. The van der Waals surface area contributed by atoms with Crippen LogP contribution in [0.4, 0.5) is 11.6 Å². The van der Waals surface area contributed by atoms with Gasteiger partial charge in [0.2, 0.25) is 5.95 Å². The van der Waals surface area contributed by atoms with Gasteiger partial charge in [-0.2, -0.15) is 9.36 Å². The lowest BCUT2D eigenvalue weighted by Gasteiger charge is -2.20. The molecule has 168 valence electrons. The van der Waals surface area contributed by atoms with Crippen LogP contribution in [0.1, 0.15) is 33.8 Å². The fourth-order valence-corrected chi connectivity index (χ4v) is 6.08. The maximum atomic E-state index is 13.2. The summed E-state index contributed by atoms with van der Waals surface area (Å²) in [7, 11) is 0. The number of hydrogen-bond donors (Lipinski definition) is 2. The molecule has 0 saturated heterocycles. The van der Waals surface area contributed by atoms with E-state index >= 15 is 0 Å². The maximum absolute atomic E-state index is 13.2. The predicted molar refractivity (Wildman–Crippen MR) is 137 cm³/mol. The second kappa shape index (κ2) is 8.58. The molecule has 0 aliphatic heterocycles. The van der Waals surface area contributed by atoms with Crippen LogP contribution < -0.4 is 11.1 Å². The van der Waals surface area contributed by atoms with Gasteiger partial charge in [0.1, 0.15) is 14.7 Å². The van der Waals surface area contributed by atoms with Crippen molar-refractivity contribution < 1.29 is 4.79 Å². The van der Waals surface area contributed by atoms with Crippen LogP contribution in [0.15, 0.2) is 54.9 Å². The van der Waals surface area contributed by atoms with Gasteiger partial charge < -0.3 is 5.73 Å². The number of aromatic nitrogens is 4. The normalized spacial score (nSPS) is 13.1. The van der Waals surface area contributed by atoms with Crippen LogP contribution in [0.3, 0.4) is 0 Å². The Balaban J connectivity index is 1.41. The third-order valence-corrected chi connectivity index (χ3v) is 7.84. The Kier molecular flexibility index (Phi) is 5.27. The lowest BCUT2D eigenvalue weighted by Crippen LogP contribution is -2.13. The minimum atomic E-state index is -0.326. The molecule has 0 spiro atoms. The third kappa shape index (κ3) is 3.63. The zero-order valence-corrected chi connectivity index (χ0v) is 19.7. The number of pyridine rings is 2. The number of aryl methyl sites for hydroxylation is 1. The van der Waals surface area contributed by atoms with E-state index in [0.29, 0.717) is 10.6 Å². The average molecular weight is 485 g/mol. The van der Waals surface area contributed by atoms with Gasteiger partial charge in [0.25, 0.3) is 5.91 Å². The Labute approximate surface area is 203 Å². The molecule has 34 heavy (non-hydrogen) atoms. The van der Waals surface area contributed by atoms with Gasteiger partial charge in [-0.1, -0.05) is 36.4 Å². The van der Waals surface area contributed by atoms with Gasteiger partial charge in [0.15, 0.2) is 0 Å². The highest BCUT2D eigenvalue weighted by molar-refractivity contribution is 7.21. The van der Waals surface area contributed by atoms with E-state index in [1.54, 1.807) is 6.20 Å².